The van der Waals surface area contributed by atoms with E-state index in [1.165, 1.54) is 11.7 Å². The Morgan fingerprint density at radius 1 is 0.951 bits per heavy atom. The van der Waals surface area contributed by atoms with Crippen LogP contribution < -0.4 is 20.8 Å². The van der Waals surface area contributed by atoms with E-state index in [9.17, 15) is 9.59 Å². The van der Waals surface area contributed by atoms with Crippen LogP contribution in [-0.4, -0.2) is 32.9 Å². The van der Waals surface area contributed by atoms with Crippen LogP contribution in [0.2, 0.25) is 0 Å². The quantitative estimate of drug-likeness (QED) is 0.241. The molecule has 0 aliphatic carbocycles. The van der Waals surface area contributed by atoms with Gasteiger partial charge in [0.25, 0.3) is 5.56 Å². The number of hydrogen-bond donors (Lipinski definition) is 1. The van der Waals surface area contributed by atoms with Gasteiger partial charge in [-0.25, -0.2) is 14.3 Å². The predicted molar refractivity (Wildman–Crippen MR) is 157 cm³/mol. The Balaban J connectivity index is 1.51. The van der Waals surface area contributed by atoms with Crippen molar-refractivity contribution in [3.63, 3.8) is 0 Å². The molecule has 5 rings (SSSR count). The lowest BCUT2D eigenvalue weighted by Crippen LogP contribution is -2.27. The Morgan fingerprint density at radius 2 is 1.66 bits per heavy atom. The molecule has 0 aliphatic heterocycles. The van der Waals surface area contributed by atoms with Gasteiger partial charge in [0.15, 0.2) is 5.82 Å². The van der Waals surface area contributed by atoms with E-state index in [2.05, 4.69) is 17.1 Å². The van der Waals surface area contributed by atoms with Gasteiger partial charge in [0.05, 0.1) is 24.6 Å². The van der Waals surface area contributed by atoms with Crippen molar-refractivity contribution in [1.82, 2.24) is 19.7 Å². The summed E-state index contributed by atoms with van der Waals surface area (Å²) in [6.07, 6.45) is 1.96. The monoisotopic (exact) mass is 552 g/mol. The second-order valence-electron chi connectivity index (χ2n) is 9.94. The highest BCUT2D eigenvalue weighted by atomic mass is 16.5. The van der Waals surface area contributed by atoms with Gasteiger partial charge in [0, 0.05) is 17.5 Å². The molecule has 0 amide bonds. The van der Waals surface area contributed by atoms with Crippen LogP contribution in [0, 0.1) is 0 Å². The molecule has 0 saturated carbocycles. The number of aromatic amines is 1. The van der Waals surface area contributed by atoms with Gasteiger partial charge >= 0.3 is 11.8 Å². The molecule has 0 radical (unpaired) electrons. The molecule has 0 bridgehead atoms. The summed E-state index contributed by atoms with van der Waals surface area (Å²) in [6.45, 7) is 5.99. The van der Waals surface area contributed by atoms with E-state index in [0.717, 1.165) is 40.1 Å². The summed E-state index contributed by atoms with van der Waals surface area (Å²) < 4.78 is 17.5. The van der Waals surface area contributed by atoms with Gasteiger partial charge < -0.3 is 9.47 Å². The van der Waals surface area contributed by atoms with Gasteiger partial charge in [-0.15, -0.1) is 0 Å². The Bertz CT molecular complexity index is 1750. The third-order valence-electron chi connectivity index (χ3n) is 6.64. The van der Waals surface area contributed by atoms with E-state index in [-0.39, 0.29) is 17.7 Å². The fraction of sp³-hybridized carbons (Fsp3) is 0.250. The molecule has 2 heterocycles. The second kappa shape index (κ2) is 12.1. The zero-order valence-electron chi connectivity index (χ0n) is 23.5. The molecule has 3 aromatic carbocycles. The highest BCUT2D eigenvalue weighted by Crippen LogP contribution is 2.30. The summed E-state index contributed by atoms with van der Waals surface area (Å²) in [5.74, 6) is 0.488. The average molecular weight is 553 g/mol. The third kappa shape index (κ3) is 5.99. The Hall–Kier alpha value is -4.92. The van der Waals surface area contributed by atoms with E-state index in [0.29, 0.717) is 29.9 Å². The van der Waals surface area contributed by atoms with Crippen LogP contribution in [0.25, 0.3) is 28.2 Å². The van der Waals surface area contributed by atoms with E-state index < -0.39 is 5.76 Å². The number of aromatic nitrogens is 4. The minimum Gasteiger partial charge on any atom is -0.491 e. The molecule has 5 aromatic rings. The lowest BCUT2D eigenvalue weighted by atomic mass is 9.96. The summed E-state index contributed by atoms with van der Waals surface area (Å²) in [5, 5.41) is 3.84. The maximum Gasteiger partial charge on any atom is 0.439 e. The molecule has 9 nitrogen and oxygen atoms in total. The first-order chi connectivity index (χ1) is 19.9. The van der Waals surface area contributed by atoms with Gasteiger partial charge in [-0.3, -0.25) is 14.3 Å². The summed E-state index contributed by atoms with van der Waals surface area (Å²) in [6, 6.07) is 23.2. The molecule has 1 N–H and O–H groups in total. The number of H-pyrrole nitrogens is 1. The highest BCUT2D eigenvalue weighted by molar-refractivity contribution is 5.80. The molecule has 210 valence electrons. The maximum atomic E-state index is 14.0. The SMILES string of the molecule is CCCc1nc(OC)n(-c2ccc(OC(C)C)cc2)c(=O)c1Cc1ccc(-c2ccccc2-c2noc(=O)[nH]2)cc1. The summed E-state index contributed by atoms with van der Waals surface area (Å²) in [5.41, 5.74) is 5.40. The van der Waals surface area contributed by atoms with Crippen molar-refractivity contribution in [2.45, 2.75) is 46.1 Å². The van der Waals surface area contributed by atoms with Crippen LogP contribution in [0.3, 0.4) is 0 Å². The molecule has 0 aliphatic rings. The Kier molecular flexibility index (Phi) is 8.14. The fourth-order valence-electron chi connectivity index (χ4n) is 4.80. The lowest BCUT2D eigenvalue weighted by Gasteiger charge is -2.17. The van der Waals surface area contributed by atoms with Crippen LogP contribution >= 0.6 is 0 Å². The predicted octanol–water partition coefficient (Wildman–Crippen LogP) is 5.58. The third-order valence-corrected chi connectivity index (χ3v) is 6.64. The highest BCUT2D eigenvalue weighted by Gasteiger charge is 2.19. The first kappa shape index (κ1) is 27.6. The van der Waals surface area contributed by atoms with Crippen LogP contribution in [0.4, 0.5) is 0 Å². The number of benzene rings is 3. The van der Waals surface area contributed by atoms with Gasteiger partial charge in [0.2, 0.25) is 0 Å². The van der Waals surface area contributed by atoms with Gasteiger partial charge in [-0.1, -0.05) is 67.0 Å². The summed E-state index contributed by atoms with van der Waals surface area (Å²) in [4.78, 5) is 32.9. The van der Waals surface area contributed by atoms with E-state index in [4.69, 9.17) is 19.0 Å². The smallest absolute Gasteiger partial charge is 0.439 e. The van der Waals surface area contributed by atoms with E-state index >= 15 is 0 Å². The summed E-state index contributed by atoms with van der Waals surface area (Å²) >= 11 is 0. The number of aryl methyl sites for hydroxylation is 1. The van der Waals surface area contributed by atoms with Crippen molar-refractivity contribution < 1.29 is 14.0 Å². The minimum atomic E-state index is -0.605. The summed E-state index contributed by atoms with van der Waals surface area (Å²) in [7, 11) is 1.52. The van der Waals surface area contributed by atoms with Crippen LogP contribution in [0.15, 0.2) is 86.9 Å². The first-order valence-electron chi connectivity index (χ1n) is 13.6. The van der Waals surface area contributed by atoms with Gasteiger partial charge in [-0.05, 0) is 61.2 Å². The topological polar surface area (TPSA) is 112 Å². The second-order valence-corrected chi connectivity index (χ2v) is 9.94. The Labute approximate surface area is 237 Å². The number of methoxy groups -OCH3 is 1. The molecule has 9 heteroatoms. The maximum absolute atomic E-state index is 14.0. The minimum absolute atomic E-state index is 0.0471. The average Bonchev–Trinajstić information content (AvgIpc) is 3.41. The standard InChI is InChI=1S/C32H32N4O5/c1-5-8-28-27(30(37)36(31(33-28)39-4)23-15-17-24(18-16-23)40-20(2)3)19-21-11-13-22(14-12-21)25-9-6-7-10-26(25)29-34-32(38)41-35-29/h6-7,9-18,20H,5,8,19H2,1-4H3,(H,34,35,38). The fourth-order valence-corrected chi connectivity index (χ4v) is 4.80. The molecule has 0 saturated heterocycles. The van der Waals surface area contributed by atoms with Crippen molar-refractivity contribution in [2.75, 3.05) is 7.11 Å². The van der Waals surface area contributed by atoms with Crippen molar-refractivity contribution in [1.29, 1.82) is 0 Å². The zero-order chi connectivity index (χ0) is 28.9. The normalized spacial score (nSPS) is 11.1. The number of nitrogens with one attached hydrogen (secondary N) is 1. The zero-order valence-corrected chi connectivity index (χ0v) is 23.5. The van der Waals surface area contributed by atoms with Crippen LogP contribution in [0.1, 0.15) is 44.0 Å². The Morgan fingerprint density at radius 3 is 2.27 bits per heavy atom. The molecular formula is C32H32N4O5. The number of rotatable bonds is 10. The molecule has 0 fully saturated rings. The largest absolute Gasteiger partial charge is 0.491 e. The van der Waals surface area contributed by atoms with Crippen LogP contribution in [-0.2, 0) is 12.8 Å². The van der Waals surface area contributed by atoms with Crippen molar-refractivity contribution in [3.8, 4) is 40.0 Å². The van der Waals surface area contributed by atoms with E-state index in [1.54, 1.807) is 0 Å². The lowest BCUT2D eigenvalue weighted by molar-refractivity contribution is 0.242. The van der Waals surface area contributed by atoms with Gasteiger partial charge in [-0.2, -0.15) is 0 Å². The van der Waals surface area contributed by atoms with Crippen molar-refractivity contribution in [3.05, 3.63) is 111 Å². The van der Waals surface area contributed by atoms with Gasteiger partial charge in [0.1, 0.15) is 5.75 Å². The number of nitrogens with zero attached hydrogens (tertiary/aromatic N) is 3. The van der Waals surface area contributed by atoms with E-state index in [1.807, 2.05) is 86.6 Å². The first-order valence-corrected chi connectivity index (χ1v) is 13.6. The van der Waals surface area contributed by atoms with Crippen LogP contribution in [0.5, 0.6) is 11.8 Å². The molecule has 0 atom stereocenters. The number of ether oxygens (including phenoxy) is 2. The molecule has 2 aromatic heterocycles. The van der Waals surface area contributed by atoms with Crippen molar-refractivity contribution >= 4 is 0 Å². The molecule has 41 heavy (non-hydrogen) atoms. The van der Waals surface area contributed by atoms with Crippen molar-refractivity contribution in [2.24, 2.45) is 0 Å². The molecular weight excluding hydrogens is 520 g/mol. The molecule has 0 spiro atoms. The molecule has 0 unspecified atom stereocenters. The number of hydrogen-bond acceptors (Lipinski definition) is 7.